The zero-order valence-corrected chi connectivity index (χ0v) is 17.4. The lowest BCUT2D eigenvalue weighted by atomic mass is 9.88. The summed E-state index contributed by atoms with van der Waals surface area (Å²) in [5.41, 5.74) is 2.93. The third-order valence-electron chi connectivity index (χ3n) is 5.55. The summed E-state index contributed by atoms with van der Waals surface area (Å²) in [7, 11) is 0. The molecule has 0 radical (unpaired) electrons. The van der Waals surface area contributed by atoms with E-state index in [0.29, 0.717) is 0 Å². The number of unbranched alkanes of at least 4 members (excludes halogenated alkanes) is 11. The number of aryl methyl sites for hydroxylation is 1. The molecular weight excluding hydrogens is 314 g/mol. The van der Waals surface area contributed by atoms with Crippen LogP contribution in [0, 0.1) is 18.3 Å². The Hall–Kier alpha value is -1.29. The van der Waals surface area contributed by atoms with Gasteiger partial charge in [0.05, 0.1) is 6.07 Å². The molecule has 0 aromatic heterocycles. The number of hydrogen-bond acceptors (Lipinski definition) is 1. The fourth-order valence-electron chi connectivity index (χ4n) is 3.79. The molecule has 26 heavy (non-hydrogen) atoms. The van der Waals surface area contributed by atoms with Crippen molar-refractivity contribution in [2.45, 2.75) is 116 Å². The Morgan fingerprint density at radius 1 is 0.731 bits per heavy atom. The quantitative estimate of drug-likeness (QED) is 0.273. The number of nitriles is 1. The highest BCUT2D eigenvalue weighted by Crippen LogP contribution is 2.29. The lowest BCUT2D eigenvalue weighted by Crippen LogP contribution is -2.00. The molecule has 1 unspecified atom stereocenters. The fraction of sp³-hybridized carbons (Fsp3) is 0.720. The zero-order valence-electron chi connectivity index (χ0n) is 17.4. The van der Waals surface area contributed by atoms with Crippen molar-refractivity contribution in [2.24, 2.45) is 0 Å². The Morgan fingerprint density at radius 3 is 1.77 bits per heavy atom. The van der Waals surface area contributed by atoms with E-state index in [-0.39, 0.29) is 0 Å². The van der Waals surface area contributed by atoms with Gasteiger partial charge in [0, 0.05) is 6.42 Å². The summed E-state index contributed by atoms with van der Waals surface area (Å²) in [5.74, 6) is 0.757. The van der Waals surface area contributed by atoms with Crippen molar-refractivity contribution in [2.75, 3.05) is 0 Å². The molecule has 0 saturated heterocycles. The van der Waals surface area contributed by atoms with Crippen LogP contribution in [-0.4, -0.2) is 0 Å². The summed E-state index contributed by atoms with van der Waals surface area (Å²) < 4.78 is 0. The maximum Gasteiger partial charge on any atom is 0.0621 e. The van der Waals surface area contributed by atoms with Gasteiger partial charge in [0.25, 0.3) is 0 Å². The minimum absolute atomic E-state index is 0.733. The van der Waals surface area contributed by atoms with E-state index in [0.717, 1.165) is 18.8 Å². The van der Waals surface area contributed by atoms with Gasteiger partial charge in [-0.3, -0.25) is 0 Å². The third-order valence-corrected chi connectivity index (χ3v) is 5.55. The van der Waals surface area contributed by atoms with Gasteiger partial charge in [-0.1, -0.05) is 107 Å². The van der Waals surface area contributed by atoms with Crippen LogP contribution in [0.25, 0.3) is 0 Å². The van der Waals surface area contributed by atoms with E-state index in [2.05, 4.69) is 44.2 Å². The zero-order chi connectivity index (χ0) is 18.9. The Kier molecular flexibility index (Phi) is 13.9. The highest BCUT2D eigenvalue weighted by molar-refractivity contribution is 5.24. The van der Waals surface area contributed by atoms with Gasteiger partial charge in [-0.05, 0) is 37.7 Å². The second kappa shape index (κ2) is 15.9. The minimum atomic E-state index is 0.733. The average molecular weight is 356 g/mol. The largest absolute Gasteiger partial charge is 0.198 e. The van der Waals surface area contributed by atoms with Crippen molar-refractivity contribution in [3.05, 3.63) is 35.4 Å². The molecule has 0 saturated carbocycles. The highest BCUT2D eigenvalue weighted by Gasteiger charge is 2.11. The van der Waals surface area contributed by atoms with E-state index in [9.17, 15) is 0 Å². The molecule has 0 amide bonds. The molecule has 0 aliphatic carbocycles. The molecule has 1 atom stereocenters. The van der Waals surface area contributed by atoms with Crippen LogP contribution in [0.2, 0.25) is 0 Å². The van der Waals surface area contributed by atoms with Gasteiger partial charge in [0.15, 0.2) is 0 Å². The minimum Gasteiger partial charge on any atom is -0.198 e. The smallest absolute Gasteiger partial charge is 0.0621 e. The van der Waals surface area contributed by atoms with Gasteiger partial charge in [0.2, 0.25) is 0 Å². The van der Waals surface area contributed by atoms with Gasteiger partial charge >= 0.3 is 0 Å². The molecule has 0 fully saturated rings. The molecule has 0 heterocycles. The maximum absolute atomic E-state index is 8.55. The molecular formula is C25H41N. The van der Waals surface area contributed by atoms with E-state index in [1.807, 2.05) is 0 Å². The van der Waals surface area contributed by atoms with Crippen molar-refractivity contribution < 1.29 is 0 Å². The van der Waals surface area contributed by atoms with Crippen LogP contribution in [-0.2, 0) is 0 Å². The van der Waals surface area contributed by atoms with Crippen LogP contribution in [0.4, 0.5) is 0 Å². The van der Waals surface area contributed by atoms with Gasteiger partial charge in [-0.25, -0.2) is 0 Å². The first-order valence-electron chi connectivity index (χ1n) is 11.2. The van der Waals surface area contributed by atoms with Gasteiger partial charge in [-0.2, -0.15) is 5.26 Å². The molecule has 1 aromatic rings. The normalized spacial score (nSPS) is 12.0. The summed E-state index contributed by atoms with van der Waals surface area (Å²) in [4.78, 5) is 0. The first-order chi connectivity index (χ1) is 12.8. The fourth-order valence-corrected chi connectivity index (χ4v) is 3.79. The maximum atomic E-state index is 8.55. The molecule has 0 spiro atoms. The average Bonchev–Trinajstić information content (AvgIpc) is 2.65. The molecule has 0 aliphatic rings. The van der Waals surface area contributed by atoms with Crippen molar-refractivity contribution in [1.29, 1.82) is 5.26 Å². The summed E-state index contributed by atoms with van der Waals surface area (Å²) in [6, 6.07) is 11.5. The van der Waals surface area contributed by atoms with Crippen molar-refractivity contribution in [3.8, 4) is 6.07 Å². The number of nitrogens with zero attached hydrogens (tertiary/aromatic N) is 1. The highest BCUT2D eigenvalue weighted by atomic mass is 14.2. The van der Waals surface area contributed by atoms with Crippen LogP contribution in [0.3, 0.4) is 0 Å². The van der Waals surface area contributed by atoms with E-state index >= 15 is 0 Å². The lowest BCUT2D eigenvalue weighted by molar-refractivity contribution is 0.486. The Labute approximate surface area is 163 Å². The second-order valence-electron chi connectivity index (χ2n) is 7.98. The topological polar surface area (TPSA) is 23.8 Å². The molecule has 1 nitrogen and oxygen atoms in total. The van der Waals surface area contributed by atoms with Gasteiger partial charge in [0.1, 0.15) is 0 Å². The molecule has 0 N–H and O–H groups in total. The predicted octanol–water partition coefficient (Wildman–Crippen LogP) is 8.47. The van der Waals surface area contributed by atoms with Crippen molar-refractivity contribution >= 4 is 0 Å². The first kappa shape index (κ1) is 22.8. The van der Waals surface area contributed by atoms with Gasteiger partial charge < -0.3 is 0 Å². The monoisotopic (exact) mass is 355 g/mol. The SMILES string of the molecule is CCCCCCCC(CCCCCCCCCC#N)c1ccc(C)cc1. The molecule has 1 rings (SSSR count). The predicted molar refractivity (Wildman–Crippen MR) is 114 cm³/mol. The number of hydrogen-bond donors (Lipinski definition) is 0. The third kappa shape index (κ3) is 11.3. The van der Waals surface area contributed by atoms with Crippen LogP contribution in [0.15, 0.2) is 24.3 Å². The van der Waals surface area contributed by atoms with E-state index in [4.69, 9.17) is 5.26 Å². The Balaban J connectivity index is 2.26. The van der Waals surface area contributed by atoms with Crippen molar-refractivity contribution in [3.63, 3.8) is 0 Å². The Morgan fingerprint density at radius 2 is 1.23 bits per heavy atom. The number of rotatable bonds is 16. The summed E-state index contributed by atoms with van der Waals surface area (Å²) in [6.45, 7) is 4.47. The molecule has 0 aliphatic heterocycles. The summed E-state index contributed by atoms with van der Waals surface area (Å²) in [5, 5.41) is 8.55. The summed E-state index contributed by atoms with van der Waals surface area (Å²) in [6.07, 6.45) is 19.4. The van der Waals surface area contributed by atoms with E-state index < -0.39 is 0 Å². The molecule has 1 aromatic carbocycles. The van der Waals surface area contributed by atoms with E-state index in [1.54, 1.807) is 5.56 Å². The van der Waals surface area contributed by atoms with Crippen LogP contribution >= 0.6 is 0 Å². The molecule has 146 valence electrons. The Bertz CT molecular complexity index is 468. The van der Waals surface area contributed by atoms with Crippen LogP contribution in [0.5, 0.6) is 0 Å². The number of benzene rings is 1. The first-order valence-corrected chi connectivity index (χ1v) is 11.2. The lowest BCUT2D eigenvalue weighted by Gasteiger charge is -2.18. The van der Waals surface area contributed by atoms with E-state index in [1.165, 1.54) is 89.0 Å². The molecule has 0 bridgehead atoms. The molecule has 1 heteroatoms. The van der Waals surface area contributed by atoms with Crippen LogP contribution < -0.4 is 0 Å². The summed E-state index contributed by atoms with van der Waals surface area (Å²) >= 11 is 0. The standard InChI is InChI=1S/C25H41N/c1-3-4-5-10-13-16-24(25-20-18-23(2)19-21-25)17-14-11-8-6-7-9-12-15-22-26/h18-21,24H,3-17H2,1-2H3. The van der Waals surface area contributed by atoms with Crippen LogP contribution in [0.1, 0.15) is 120 Å². The second-order valence-corrected chi connectivity index (χ2v) is 7.98. The van der Waals surface area contributed by atoms with Crippen molar-refractivity contribution in [1.82, 2.24) is 0 Å². The van der Waals surface area contributed by atoms with Gasteiger partial charge in [-0.15, -0.1) is 0 Å².